The number of anilines is 4. The number of aryl methyl sites for hydroxylation is 1. The molecule has 0 spiro atoms. The maximum absolute atomic E-state index is 12.2. The first-order valence-corrected chi connectivity index (χ1v) is 12.2. The van der Waals surface area contributed by atoms with Crippen LogP contribution in [0.25, 0.3) is 11.0 Å². The maximum Gasteiger partial charge on any atom is 0.231 e. The van der Waals surface area contributed by atoms with Crippen LogP contribution in [0, 0.1) is 6.92 Å². The average molecular weight is 444 g/mol. The summed E-state index contributed by atoms with van der Waals surface area (Å²) in [6, 6.07) is 6.51. The van der Waals surface area contributed by atoms with Gasteiger partial charge in [0.1, 0.15) is 11.2 Å². The molecule has 2 fully saturated rings. The topological polar surface area (TPSA) is 125 Å². The molecule has 0 amide bonds. The Morgan fingerprint density at radius 2 is 1.97 bits per heavy atom. The molecule has 5 rings (SSSR count). The van der Waals surface area contributed by atoms with Gasteiger partial charge in [-0.15, -0.1) is 0 Å². The highest BCUT2D eigenvalue weighted by molar-refractivity contribution is 7.90. The van der Waals surface area contributed by atoms with Gasteiger partial charge in [-0.1, -0.05) is 0 Å². The van der Waals surface area contributed by atoms with Crippen LogP contribution in [0.5, 0.6) is 0 Å². The Balaban J connectivity index is 1.47. The number of fused-ring (bicyclic) bond motifs is 1. The normalized spacial score (nSPS) is 17.2. The number of benzene rings is 1. The molecule has 0 radical (unpaired) electrons. The number of hydrogen-bond donors (Lipinski definition) is 3. The number of rotatable bonds is 6. The number of aromatic amines is 1. The van der Waals surface area contributed by atoms with E-state index in [4.69, 9.17) is 4.74 Å². The van der Waals surface area contributed by atoms with E-state index in [-0.39, 0.29) is 5.03 Å². The summed E-state index contributed by atoms with van der Waals surface area (Å²) in [5.74, 6) is 0.855. The smallest absolute Gasteiger partial charge is 0.231 e. The van der Waals surface area contributed by atoms with Crippen LogP contribution in [-0.4, -0.2) is 67.2 Å². The van der Waals surface area contributed by atoms with Gasteiger partial charge in [0.25, 0.3) is 0 Å². The summed E-state index contributed by atoms with van der Waals surface area (Å²) < 4.78 is 29.7. The Morgan fingerprint density at radius 3 is 2.65 bits per heavy atom. The fourth-order valence-corrected chi connectivity index (χ4v) is 4.46. The van der Waals surface area contributed by atoms with Crippen LogP contribution in [0.3, 0.4) is 0 Å². The van der Waals surface area contributed by atoms with Gasteiger partial charge >= 0.3 is 0 Å². The molecule has 3 N–H and O–H groups in total. The minimum absolute atomic E-state index is 0.0387. The van der Waals surface area contributed by atoms with Gasteiger partial charge < -0.3 is 20.3 Å². The number of H-pyrrole nitrogens is 1. The summed E-state index contributed by atoms with van der Waals surface area (Å²) in [7, 11) is -3.51. The molecule has 1 saturated carbocycles. The second-order valence-electron chi connectivity index (χ2n) is 8.06. The molecule has 0 atom stereocenters. The van der Waals surface area contributed by atoms with Crippen LogP contribution in [0.4, 0.5) is 23.1 Å². The Bertz CT molecular complexity index is 1230. The highest BCUT2D eigenvalue weighted by Crippen LogP contribution is 2.33. The van der Waals surface area contributed by atoms with Crippen molar-refractivity contribution in [1.82, 2.24) is 20.2 Å². The van der Waals surface area contributed by atoms with E-state index >= 15 is 0 Å². The zero-order chi connectivity index (χ0) is 21.6. The number of sulfone groups is 1. The highest BCUT2D eigenvalue weighted by atomic mass is 32.2. The van der Waals surface area contributed by atoms with Gasteiger partial charge in [0.2, 0.25) is 5.95 Å². The van der Waals surface area contributed by atoms with Crippen molar-refractivity contribution in [2.24, 2.45) is 0 Å². The molecule has 0 unspecified atom stereocenters. The van der Waals surface area contributed by atoms with Crippen molar-refractivity contribution in [1.29, 1.82) is 0 Å². The van der Waals surface area contributed by atoms with E-state index in [0.717, 1.165) is 62.3 Å². The summed E-state index contributed by atoms with van der Waals surface area (Å²) >= 11 is 0. The molecule has 10 nitrogen and oxygen atoms in total. The summed E-state index contributed by atoms with van der Waals surface area (Å²) in [6.45, 7) is 5.27. The molecule has 164 valence electrons. The molecule has 1 aliphatic heterocycles. The molecular formula is C20H25N7O3S. The van der Waals surface area contributed by atoms with Crippen molar-refractivity contribution in [3.8, 4) is 0 Å². The zero-order valence-corrected chi connectivity index (χ0v) is 18.3. The van der Waals surface area contributed by atoms with Crippen molar-refractivity contribution in [3.63, 3.8) is 0 Å². The predicted octanol–water partition coefficient (Wildman–Crippen LogP) is 2.22. The van der Waals surface area contributed by atoms with E-state index < -0.39 is 9.84 Å². The fraction of sp³-hybridized carbons (Fsp3) is 0.450. The van der Waals surface area contributed by atoms with Crippen LogP contribution < -0.4 is 15.5 Å². The Kier molecular flexibility index (Phi) is 4.94. The quantitative estimate of drug-likeness (QED) is 0.526. The molecule has 3 heterocycles. The third-order valence-electron chi connectivity index (χ3n) is 5.49. The van der Waals surface area contributed by atoms with Gasteiger partial charge in [0.15, 0.2) is 20.5 Å². The number of aromatic nitrogens is 4. The lowest BCUT2D eigenvalue weighted by molar-refractivity contribution is 0.122. The third-order valence-corrected chi connectivity index (χ3v) is 6.49. The van der Waals surface area contributed by atoms with E-state index in [9.17, 15) is 8.42 Å². The third kappa shape index (κ3) is 4.15. The molecule has 3 aromatic rings. The van der Waals surface area contributed by atoms with Crippen LogP contribution >= 0.6 is 0 Å². The van der Waals surface area contributed by atoms with E-state index in [1.54, 1.807) is 0 Å². The standard InChI is InChI=1S/C20H25N7O3S/c1-12-11-14(27-7-9-30-10-8-27)5-6-15(12)22-20-23-17(21-13-3-4-13)16-18(24-20)25-26-19(16)31(2,28)29/h5-6,11,13H,3-4,7-10H2,1-2H3,(H3,21,22,23,24,25,26). The van der Waals surface area contributed by atoms with Crippen LogP contribution in [0.2, 0.25) is 0 Å². The first-order chi connectivity index (χ1) is 14.9. The SMILES string of the molecule is Cc1cc(N2CCOCC2)ccc1Nc1nc(NC2CC2)c2c(S(C)(=O)=O)n[nH]c2n1. The van der Waals surface area contributed by atoms with Gasteiger partial charge in [-0.2, -0.15) is 15.1 Å². The summed E-state index contributed by atoms with van der Waals surface area (Å²) in [4.78, 5) is 11.4. The molecule has 2 aromatic heterocycles. The minimum Gasteiger partial charge on any atom is -0.378 e. The lowest BCUT2D eigenvalue weighted by atomic mass is 10.1. The molecule has 31 heavy (non-hydrogen) atoms. The van der Waals surface area contributed by atoms with Crippen molar-refractivity contribution in [2.45, 2.75) is 30.8 Å². The second-order valence-corrected chi connectivity index (χ2v) is 9.99. The fourth-order valence-electron chi connectivity index (χ4n) is 3.68. The van der Waals surface area contributed by atoms with Crippen LogP contribution in [0.1, 0.15) is 18.4 Å². The number of nitrogens with one attached hydrogen (secondary N) is 3. The molecule has 1 saturated heterocycles. The molecule has 11 heteroatoms. The zero-order valence-electron chi connectivity index (χ0n) is 17.5. The number of hydrogen-bond acceptors (Lipinski definition) is 9. The second kappa shape index (κ2) is 7.65. The average Bonchev–Trinajstić information content (AvgIpc) is 3.44. The molecular weight excluding hydrogens is 418 g/mol. The monoisotopic (exact) mass is 443 g/mol. The van der Waals surface area contributed by atoms with Crippen molar-refractivity contribution >= 4 is 44.0 Å². The van der Waals surface area contributed by atoms with Crippen molar-refractivity contribution < 1.29 is 13.2 Å². The number of ether oxygens (including phenoxy) is 1. The molecule has 0 bridgehead atoms. The van der Waals surface area contributed by atoms with Gasteiger partial charge in [-0.25, -0.2) is 8.42 Å². The van der Waals surface area contributed by atoms with E-state index in [2.05, 4.69) is 47.8 Å². The first kappa shape index (κ1) is 20.0. The summed E-state index contributed by atoms with van der Waals surface area (Å²) in [5.41, 5.74) is 3.48. The number of nitrogens with zero attached hydrogens (tertiary/aromatic N) is 4. The van der Waals surface area contributed by atoms with Crippen molar-refractivity contribution in [2.75, 3.05) is 48.1 Å². The van der Waals surface area contributed by atoms with E-state index in [0.29, 0.717) is 28.8 Å². The Hall–Kier alpha value is -2.92. The van der Waals surface area contributed by atoms with E-state index in [1.165, 1.54) is 0 Å². The summed E-state index contributed by atoms with van der Waals surface area (Å²) in [6.07, 6.45) is 3.19. The Morgan fingerprint density at radius 1 is 1.19 bits per heavy atom. The van der Waals surface area contributed by atoms with E-state index in [1.807, 2.05) is 13.0 Å². The number of morpholine rings is 1. The lowest BCUT2D eigenvalue weighted by Gasteiger charge is -2.29. The molecule has 2 aliphatic rings. The lowest BCUT2D eigenvalue weighted by Crippen LogP contribution is -2.36. The van der Waals surface area contributed by atoms with Gasteiger partial charge in [-0.3, -0.25) is 5.10 Å². The highest BCUT2D eigenvalue weighted by Gasteiger charge is 2.27. The maximum atomic E-state index is 12.2. The van der Waals surface area contributed by atoms with Gasteiger partial charge in [0.05, 0.1) is 13.2 Å². The van der Waals surface area contributed by atoms with Gasteiger partial charge in [0, 0.05) is 36.8 Å². The van der Waals surface area contributed by atoms with Crippen LogP contribution in [-0.2, 0) is 14.6 Å². The van der Waals surface area contributed by atoms with Crippen molar-refractivity contribution in [3.05, 3.63) is 23.8 Å². The summed E-state index contributed by atoms with van der Waals surface area (Å²) in [5, 5.41) is 13.7. The van der Waals surface area contributed by atoms with Gasteiger partial charge in [-0.05, 0) is 43.5 Å². The minimum atomic E-state index is -3.51. The first-order valence-electron chi connectivity index (χ1n) is 10.3. The largest absolute Gasteiger partial charge is 0.378 e. The Labute approximate surface area is 180 Å². The molecule has 1 aliphatic carbocycles. The molecule has 1 aromatic carbocycles. The van der Waals surface area contributed by atoms with Crippen LogP contribution in [0.15, 0.2) is 23.2 Å². The predicted molar refractivity (Wildman–Crippen MR) is 119 cm³/mol.